The lowest BCUT2D eigenvalue weighted by Crippen LogP contribution is -2.18. The summed E-state index contributed by atoms with van der Waals surface area (Å²) in [6, 6.07) is 50.3. The van der Waals surface area contributed by atoms with Crippen molar-refractivity contribution >= 4 is 11.1 Å². The molecule has 11 rings (SSSR count). The van der Waals surface area contributed by atoms with Crippen molar-refractivity contribution in [3.05, 3.63) is 249 Å². The van der Waals surface area contributed by atoms with Crippen molar-refractivity contribution in [2.75, 3.05) is 0 Å². The number of hydrogen-bond acceptors (Lipinski definition) is 6. The Morgan fingerprint density at radius 2 is 0.828 bits per heavy atom. The molecule has 2 unspecified atom stereocenters. The molecule has 8 heteroatoms. The van der Waals surface area contributed by atoms with Gasteiger partial charge in [-0.3, -0.25) is 0 Å². The number of allylic oxidation sites excluding steroid dienone is 2. The maximum atomic E-state index is 10.9. The third kappa shape index (κ3) is 6.82. The minimum Gasteiger partial charge on any atom is -0.508 e. The molecular formula is C56H44N4O4. The second-order valence-electron chi connectivity index (χ2n) is 16.5. The lowest BCUT2D eigenvalue weighted by molar-refractivity contribution is 0.463. The molecule has 2 aromatic heterocycles. The van der Waals surface area contributed by atoms with Crippen molar-refractivity contribution in [1.29, 1.82) is 0 Å². The normalized spacial score (nSPS) is 17.7. The Morgan fingerprint density at radius 3 is 1.27 bits per heavy atom. The van der Waals surface area contributed by atoms with Crippen LogP contribution in [0.3, 0.4) is 0 Å². The summed E-state index contributed by atoms with van der Waals surface area (Å²) in [7, 11) is 0. The van der Waals surface area contributed by atoms with Gasteiger partial charge in [0, 0.05) is 67.6 Å². The van der Waals surface area contributed by atoms with E-state index in [-0.39, 0.29) is 35.1 Å². The fourth-order valence-electron chi connectivity index (χ4n) is 9.63. The molecule has 8 aromatic rings. The van der Waals surface area contributed by atoms with Crippen LogP contribution < -0.4 is 10.6 Å². The van der Waals surface area contributed by atoms with E-state index in [1.165, 1.54) is 22.3 Å². The van der Waals surface area contributed by atoms with Crippen molar-refractivity contribution in [3.63, 3.8) is 0 Å². The first-order valence-electron chi connectivity index (χ1n) is 21.5. The van der Waals surface area contributed by atoms with E-state index in [0.29, 0.717) is 17.5 Å². The summed E-state index contributed by atoms with van der Waals surface area (Å²) in [5.74, 6) is 0.855. The van der Waals surface area contributed by atoms with Crippen LogP contribution in [0.25, 0.3) is 33.7 Å². The Kier molecular flexibility index (Phi) is 9.54. The minimum atomic E-state index is -0.239. The topological polar surface area (TPSA) is 137 Å². The number of H-pyrrole nitrogens is 2. The van der Waals surface area contributed by atoms with Gasteiger partial charge in [0.2, 0.25) is 0 Å². The highest BCUT2D eigenvalue weighted by atomic mass is 16.3. The molecule has 3 aliphatic rings. The van der Waals surface area contributed by atoms with E-state index in [4.69, 9.17) is 0 Å². The Balaban J connectivity index is 1.05. The average Bonchev–Trinajstić information content (AvgIpc) is 4.17. The number of benzene rings is 6. The zero-order valence-electron chi connectivity index (χ0n) is 34.7. The van der Waals surface area contributed by atoms with Gasteiger partial charge in [-0.1, -0.05) is 109 Å². The number of rotatable bonds is 8. The largest absolute Gasteiger partial charge is 0.508 e. The van der Waals surface area contributed by atoms with Gasteiger partial charge in [0.1, 0.15) is 23.0 Å². The van der Waals surface area contributed by atoms with Crippen molar-refractivity contribution in [1.82, 2.24) is 20.6 Å². The molecule has 312 valence electrons. The predicted molar refractivity (Wildman–Crippen MR) is 253 cm³/mol. The molecule has 2 atom stereocenters. The fourth-order valence-corrected chi connectivity index (χ4v) is 9.63. The van der Waals surface area contributed by atoms with Crippen LogP contribution in [0, 0.1) is 0 Å². The number of phenolic OH excluding ortho intramolecular Hbond substituents is 4. The van der Waals surface area contributed by atoms with Crippen LogP contribution in [0.4, 0.5) is 0 Å². The van der Waals surface area contributed by atoms with Gasteiger partial charge in [-0.2, -0.15) is 0 Å². The first kappa shape index (κ1) is 38.6. The van der Waals surface area contributed by atoms with Gasteiger partial charge in [0.05, 0.1) is 12.1 Å². The van der Waals surface area contributed by atoms with Gasteiger partial charge < -0.3 is 41.0 Å². The highest BCUT2D eigenvalue weighted by molar-refractivity contribution is 5.89. The predicted octanol–water partition coefficient (Wildman–Crippen LogP) is 11.3. The molecule has 0 radical (unpaired) electrons. The zero-order chi connectivity index (χ0) is 43.3. The first-order chi connectivity index (χ1) is 31.4. The fraction of sp³-hybridized carbons (Fsp3) is 0.0714. The Morgan fingerprint density at radius 1 is 0.406 bits per heavy atom. The van der Waals surface area contributed by atoms with E-state index in [9.17, 15) is 20.4 Å². The molecule has 64 heavy (non-hydrogen) atoms. The Hall–Kier alpha value is -8.36. The third-order valence-corrected chi connectivity index (χ3v) is 12.7. The number of nitrogens with one attached hydrogen (secondary N) is 4. The third-order valence-electron chi connectivity index (χ3n) is 12.7. The number of aromatic amines is 2. The van der Waals surface area contributed by atoms with Crippen LogP contribution in [0.2, 0.25) is 0 Å². The zero-order valence-corrected chi connectivity index (χ0v) is 34.7. The van der Waals surface area contributed by atoms with Crippen LogP contribution in [0.15, 0.2) is 193 Å². The number of para-hydroxylation sites is 4. The summed E-state index contributed by atoms with van der Waals surface area (Å²) in [6.45, 7) is 0. The Labute approximate surface area is 370 Å². The molecule has 1 aliphatic carbocycles. The molecule has 2 aliphatic heterocycles. The van der Waals surface area contributed by atoms with Crippen molar-refractivity contribution < 1.29 is 20.4 Å². The highest BCUT2D eigenvalue weighted by Gasteiger charge is 2.30. The lowest BCUT2D eigenvalue weighted by atomic mass is 9.78. The molecular weight excluding hydrogens is 793 g/mol. The van der Waals surface area contributed by atoms with Crippen molar-refractivity contribution in [2.24, 2.45) is 0 Å². The van der Waals surface area contributed by atoms with E-state index >= 15 is 0 Å². The lowest BCUT2D eigenvalue weighted by Gasteiger charge is -2.27. The maximum Gasteiger partial charge on any atom is 0.124 e. The maximum absolute atomic E-state index is 10.9. The SMILES string of the molecule is Oc1ccccc1-c1ccc(/C(=C2/C=CC(c3ccccc3O)N2)c2cccc3c2Cc2c(cccc2/C(=C2/C=CC(c4ccccc4O)N2)c2ccc(-c4ccccc4O)[nH]2)C3)[nH]1. The summed E-state index contributed by atoms with van der Waals surface area (Å²) in [4.78, 5) is 7.33. The van der Waals surface area contributed by atoms with Gasteiger partial charge in [-0.05, 0) is 119 Å². The molecule has 0 saturated carbocycles. The highest BCUT2D eigenvalue weighted by Crippen LogP contribution is 2.44. The monoisotopic (exact) mass is 836 g/mol. The second-order valence-corrected chi connectivity index (χ2v) is 16.5. The van der Waals surface area contributed by atoms with E-state index < -0.39 is 0 Å². The quantitative estimate of drug-likeness (QED) is 0.0768. The second kappa shape index (κ2) is 15.8. The molecule has 0 saturated heterocycles. The standard InChI is InChI=1S/C56H44N4O4/c61-51-19-5-1-13-37(51)43-23-27-47(57-43)55(48-28-24-44(58-48)38-14-2-6-20-52(38)62)35-17-9-11-33-31-34-12-10-18-36(42(34)32-41(33)35)56(49-29-25-45(59-49)39-15-3-7-21-53(39)63)50-30-26-46(60-50)40-16-4-8-22-54(40)64/h1-30,43,45,57-64H,31-32H2/b55-47-,56-49+. The van der Waals surface area contributed by atoms with E-state index in [0.717, 1.165) is 74.0 Å². The summed E-state index contributed by atoms with van der Waals surface area (Å²) >= 11 is 0. The Bertz CT molecular complexity index is 3040. The molecule has 4 heterocycles. The van der Waals surface area contributed by atoms with Crippen LogP contribution in [0.5, 0.6) is 23.0 Å². The molecule has 8 N–H and O–H groups in total. The molecule has 0 fully saturated rings. The average molecular weight is 837 g/mol. The number of fused-ring (bicyclic) bond motifs is 2. The minimum absolute atomic E-state index is 0.197. The van der Waals surface area contributed by atoms with Gasteiger partial charge in [-0.25, -0.2) is 0 Å². The van der Waals surface area contributed by atoms with Crippen molar-refractivity contribution in [3.8, 4) is 45.5 Å². The van der Waals surface area contributed by atoms with Crippen LogP contribution in [0.1, 0.15) is 68.0 Å². The van der Waals surface area contributed by atoms with E-state index in [2.05, 4.69) is 93.4 Å². The summed E-state index contributed by atoms with van der Waals surface area (Å²) < 4.78 is 0. The summed E-state index contributed by atoms with van der Waals surface area (Å²) in [5.41, 5.74) is 17.2. The van der Waals surface area contributed by atoms with Crippen LogP contribution in [-0.2, 0) is 12.8 Å². The summed E-state index contributed by atoms with van der Waals surface area (Å²) in [6.07, 6.45) is 9.75. The molecule has 0 amide bonds. The van der Waals surface area contributed by atoms with Gasteiger partial charge in [0.25, 0.3) is 0 Å². The van der Waals surface area contributed by atoms with Gasteiger partial charge in [0.15, 0.2) is 0 Å². The summed E-state index contributed by atoms with van der Waals surface area (Å²) in [5, 5.41) is 50.9. The molecule has 8 nitrogen and oxygen atoms in total. The molecule has 0 spiro atoms. The van der Waals surface area contributed by atoms with Crippen LogP contribution >= 0.6 is 0 Å². The van der Waals surface area contributed by atoms with Crippen molar-refractivity contribution in [2.45, 2.75) is 24.9 Å². The van der Waals surface area contributed by atoms with Gasteiger partial charge >= 0.3 is 0 Å². The van der Waals surface area contributed by atoms with E-state index in [1.807, 2.05) is 84.9 Å². The number of aromatic nitrogens is 2. The smallest absolute Gasteiger partial charge is 0.124 e. The number of aromatic hydroxyl groups is 4. The number of hydrogen-bond donors (Lipinski definition) is 8. The first-order valence-corrected chi connectivity index (χ1v) is 21.5. The van der Waals surface area contributed by atoms with Gasteiger partial charge in [-0.15, -0.1) is 0 Å². The number of phenols is 4. The van der Waals surface area contributed by atoms with Crippen LogP contribution in [-0.4, -0.2) is 30.4 Å². The molecule has 0 bridgehead atoms. The van der Waals surface area contributed by atoms with E-state index in [1.54, 1.807) is 24.3 Å². The molecule has 6 aromatic carbocycles.